The van der Waals surface area contributed by atoms with Gasteiger partial charge in [0.05, 0.1) is 5.56 Å². The van der Waals surface area contributed by atoms with Gasteiger partial charge in [-0.3, -0.25) is 19.3 Å². The Hall–Kier alpha value is -5.67. The number of benzene rings is 5. The van der Waals surface area contributed by atoms with Gasteiger partial charge in [-0.15, -0.1) is 23.1 Å². The van der Waals surface area contributed by atoms with Gasteiger partial charge in [0.1, 0.15) is 22.0 Å². The van der Waals surface area contributed by atoms with Crippen LogP contribution in [-0.4, -0.2) is 29.2 Å². The number of thiophene rings is 1. The molecule has 2 heterocycles. The minimum absolute atomic E-state index is 0.0754. The van der Waals surface area contributed by atoms with E-state index in [0.717, 1.165) is 35.5 Å². The minimum Gasteiger partial charge on any atom is -0.321 e. The highest BCUT2D eigenvalue weighted by molar-refractivity contribution is 8.00. The van der Waals surface area contributed by atoms with Crippen LogP contribution in [0.15, 0.2) is 144 Å². The van der Waals surface area contributed by atoms with Gasteiger partial charge in [-0.2, -0.15) is 5.26 Å². The van der Waals surface area contributed by atoms with E-state index in [1.54, 1.807) is 66.7 Å². The highest BCUT2D eigenvalue weighted by Crippen LogP contribution is 2.41. The van der Waals surface area contributed by atoms with E-state index in [2.05, 4.69) is 39.1 Å². The highest BCUT2D eigenvalue weighted by Gasteiger charge is 2.29. The number of carbonyl (C=O) groups is 3. The zero-order chi connectivity index (χ0) is 39.7. The lowest BCUT2D eigenvalue weighted by Crippen LogP contribution is -2.30. The predicted molar refractivity (Wildman–Crippen MR) is 230 cm³/mol. The van der Waals surface area contributed by atoms with Crippen molar-refractivity contribution in [2.45, 2.75) is 29.7 Å². The number of fused-ring (bicyclic) bond motifs is 1. The normalized spacial score (nSPS) is 13.2. The van der Waals surface area contributed by atoms with Gasteiger partial charge >= 0.3 is 0 Å². The second-order valence-corrected chi connectivity index (χ2v) is 16.3. The first kappa shape index (κ1) is 39.6. The van der Waals surface area contributed by atoms with Crippen molar-refractivity contribution in [1.29, 1.82) is 5.26 Å². The Morgan fingerprint density at radius 3 is 2.21 bits per heavy atom. The van der Waals surface area contributed by atoms with Crippen molar-refractivity contribution in [2.75, 3.05) is 17.2 Å². The molecular formula is C45H35Cl2N5O3S2. The van der Waals surface area contributed by atoms with Crippen molar-refractivity contribution in [1.82, 2.24) is 10.2 Å². The Labute approximate surface area is 349 Å². The number of halogens is 2. The molecule has 0 radical (unpaired) electrons. The molecule has 7 rings (SSSR count). The minimum atomic E-state index is -0.694. The van der Waals surface area contributed by atoms with Crippen molar-refractivity contribution in [2.24, 2.45) is 0 Å². The van der Waals surface area contributed by atoms with E-state index in [0.29, 0.717) is 48.9 Å². The van der Waals surface area contributed by atoms with E-state index in [-0.39, 0.29) is 11.6 Å². The van der Waals surface area contributed by atoms with Crippen LogP contribution in [0, 0.1) is 11.3 Å². The number of rotatable bonds is 12. The quantitative estimate of drug-likeness (QED) is 0.0836. The molecule has 0 bridgehead atoms. The number of anilines is 2. The van der Waals surface area contributed by atoms with Crippen LogP contribution in [0.2, 0.25) is 10.0 Å². The summed E-state index contributed by atoms with van der Waals surface area (Å²) in [4.78, 5) is 45.4. The van der Waals surface area contributed by atoms with Gasteiger partial charge in [0.2, 0.25) is 5.91 Å². The fourth-order valence-corrected chi connectivity index (χ4v) is 9.27. The fourth-order valence-electron chi connectivity index (χ4n) is 6.43. The lowest BCUT2D eigenvalue weighted by atomic mass is 10.0. The summed E-state index contributed by atoms with van der Waals surface area (Å²) in [5.41, 5.74) is 4.61. The third-order valence-electron chi connectivity index (χ3n) is 9.24. The van der Waals surface area contributed by atoms with Gasteiger partial charge in [-0.25, -0.2) is 0 Å². The van der Waals surface area contributed by atoms with E-state index in [9.17, 15) is 19.6 Å². The van der Waals surface area contributed by atoms with E-state index < -0.39 is 17.1 Å². The number of thioether (sulfide) groups is 1. The van der Waals surface area contributed by atoms with Crippen LogP contribution in [0.1, 0.15) is 48.3 Å². The van der Waals surface area contributed by atoms with Gasteiger partial charge in [0.15, 0.2) is 0 Å². The molecule has 3 N–H and O–H groups in total. The number of amides is 3. The van der Waals surface area contributed by atoms with Gasteiger partial charge in [0.25, 0.3) is 11.8 Å². The molecule has 1 aromatic heterocycles. The third-order valence-corrected chi connectivity index (χ3v) is 12.3. The number of nitrogens with zero attached hydrogens (tertiary/aromatic N) is 2. The largest absolute Gasteiger partial charge is 0.321 e. The first-order valence-corrected chi connectivity index (χ1v) is 20.5. The monoisotopic (exact) mass is 827 g/mol. The molecule has 0 spiro atoms. The average molecular weight is 829 g/mol. The first-order chi connectivity index (χ1) is 27.7. The molecule has 6 aromatic rings. The van der Waals surface area contributed by atoms with E-state index in [1.165, 1.54) is 34.7 Å². The average Bonchev–Trinajstić information content (AvgIpc) is 3.57. The number of hydrogen-bond donors (Lipinski definition) is 3. The van der Waals surface area contributed by atoms with Crippen LogP contribution in [0.25, 0.3) is 6.08 Å². The fraction of sp³-hybridized carbons (Fsp3) is 0.111. The lowest BCUT2D eigenvalue weighted by Gasteiger charge is -2.26. The third kappa shape index (κ3) is 9.84. The van der Waals surface area contributed by atoms with Gasteiger partial charge in [0, 0.05) is 56.3 Å². The van der Waals surface area contributed by atoms with Crippen molar-refractivity contribution in [3.8, 4) is 6.07 Å². The Kier molecular flexibility index (Phi) is 12.9. The molecule has 57 heavy (non-hydrogen) atoms. The molecule has 1 aliphatic rings. The molecule has 0 saturated carbocycles. The van der Waals surface area contributed by atoms with Crippen molar-refractivity contribution >= 4 is 80.8 Å². The number of nitrogens with one attached hydrogen (secondary N) is 3. The summed E-state index contributed by atoms with van der Waals surface area (Å²) in [6, 6.07) is 42.7. The maximum absolute atomic E-state index is 14.2. The molecule has 1 aliphatic heterocycles. The molecule has 3 amide bonds. The molecule has 0 aliphatic carbocycles. The molecule has 1 atom stereocenters. The zero-order valence-corrected chi connectivity index (χ0v) is 33.5. The smallest absolute Gasteiger partial charge is 0.272 e. The van der Waals surface area contributed by atoms with Crippen LogP contribution in [0.3, 0.4) is 0 Å². The Bertz CT molecular complexity index is 2470. The molecule has 12 heteroatoms. The summed E-state index contributed by atoms with van der Waals surface area (Å²) in [5, 5.41) is 19.4. The summed E-state index contributed by atoms with van der Waals surface area (Å²) in [6.07, 6.45) is 2.17. The van der Waals surface area contributed by atoms with Crippen LogP contribution in [0.4, 0.5) is 10.7 Å². The van der Waals surface area contributed by atoms with Gasteiger partial charge < -0.3 is 16.0 Å². The molecule has 1 unspecified atom stereocenters. The predicted octanol–water partition coefficient (Wildman–Crippen LogP) is 10.4. The summed E-state index contributed by atoms with van der Waals surface area (Å²) in [7, 11) is 0. The van der Waals surface area contributed by atoms with E-state index in [1.807, 2.05) is 54.6 Å². The summed E-state index contributed by atoms with van der Waals surface area (Å²) < 4.78 is 0. The SMILES string of the molecule is N#Cc1c(NC(=O)C(Sc2cccc(NC(=O)/C(=C\c3c(Cl)cccc3Cl)NC(=O)c3ccccc3)c2)c2ccccc2)sc2c1CCN(Cc1ccccc1)C2. The Morgan fingerprint density at radius 2 is 1.51 bits per heavy atom. The standard InChI is InChI=1S/C45H35Cl2N5O3S2/c46-37-20-11-21-38(47)35(37)25-39(50-42(53)31-16-8-3-9-17-31)43(54)49-32-18-10-19-33(24-32)56-41(30-14-6-2-7-15-30)44(55)51-45-36(26-48)34-22-23-52(28-40(34)57-45)27-29-12-4-1-5-13-29/h1-21,24-25,41H,22-23,27-28H2,(H,49,54)(H,50,53)(H,51,55)/b39-25+. The summed E-state index contributed by atoms with van der Waals surface area (Å²) in [6.45, 7) is 2.33. The molecule has 8 nitrogen and oxygen atoms in total. The second kappa shape index (κ2) is 18.5. The molecule has 5 aromatic carbocycles. The molecular weight excluding hydrogens is 794 g/mol. The Morgan fingerprint density at radius 1 is 0.842 bits per heavy atom. The summed E-state index contributed by atoms with van der Waals surface area (Å²) >= 11 is 15.7. The first-order valence-electron chi connectivity index (χ1n) is 18.0. The van der Waals surface area contributed by atoms with Gasteiger partial charge in [-0.1, -0.05) is 114 Å². The second-order valence-electron chi connectivity index (χ2n) is 13.2. The van der Waals surface area contributed by atoms with Crippen LogP contribution in [0.5, 0.6) is 0 Å². The van der Waals surface area contributed by atoms with Crippen LogP contribution >= 0.6 is 46.3 Å². The van der Waals surface area contributed by atoms with Crippen molar-refractivity contribution in [3.05, 3.63) is 187 Å². The number of hydrogen-bond acceptors (Lipinski definition) is 7. The zero-order valence-electron chi connectivity index (χ0n) is 30.4. The van der Waals surface area contributed by atoms with Crippen LogP contribution in [-0.2, 0) is 29.1 Å². The molecule has 0 saturated heterocycles. The van der Waals surface area contributed by atoms with E-state index in [4.69, 9.17) is 23.2 Å². The summed E-state index contributed by atoms with van der Waals surface area (Å²) in [5.74, 6) is -1.37. The topological polar surface area (TPSA) is 114 Å². The number of nitriles is 1. The highest BCUT2D eigenvalue weighted by atomic mass is 35.5. The maximum Gasteiger partial charge on any atom is 0.272 e. The lowest BCUT2D eigenvalue weighted by molar-refractivity contribution is -0.116. The number of carbonyl (C=O) groups excluding carboxylic acids is 3. The van der Waals surface area contributed by atoms with E-state index >= 15 is 0 Å². The van der Waals surface area contributed by atoms with Crippen LogP contribution < -0.4 is 16.0 Å². The molecule has 0 fully saturated rings. The van der Waals surface area contributed by atoms with Crippen molar-refractivity contribution in [3.63, 3.8) is 0 Å². The van der Waals surface area contributed by atoms with Crippen molar-refractivity contribution < 1.29 is 14.4 Å². The van der Waals surface area contributed by atoms with Gasteiger partial charge in [-0.05, 0) is 71.7 Å². The molecule has 284 valence electrons. The Balaban J connectivity index is 1.11. The maximum atomic E-state index is 14.2.